The summed E-state index contributed by atoms with van der Waals surface area (Å²) < 4.78 is 5.89. The summed E-state index contributed by atoms with van der Waals surface area (Å²) in [5.74, 6) is -1.27. The van der Waals surface area contributed by atoms with Gasteiger partial charge in [0.25, 0.3) is 0 Å². The van der Waals surface area contributed by atoms with E-state index in [2.05, 4.69) is 16.0 Å². The quantitative estimate of drug-likeness (QED) is 0.880. The molecule has 1 aliphatic carbocycles. The fraction of sp³-hybridized carbons (Fsp3) is 0.333. The molecule has 1 aromatic carbocycles. The number of halogens is 1. The van der Waals surface area contributed by atoms with Gasteiger partial charge >= 0.3 is 5.97 Å². The number of carboxylic acid groups (broad SMARTS) is 1. The number of carboxylic acids is 1. The van der Waals surface area contributed by atoms with Gasteiger partial charge in [0.1, 0.15) is 6.10 Å². The zero-order valence-corrected chi connectivity index (χ0v) is 14.3. The van der Waals surface area contributed by atoms with Gasteiger partial charge < -0.3 is 9.84 Å². The minimum Gasteiger partial charge on any atom is -0.475 e. The second kappa shape index (κ2) is 7.08. The number of benzene rings is 1. The number of aromatic nitrogens is 2. The van der Waals surface area contributed by atoms with E-state index in [-0.39, 0.29) is 23.7 Å². The molecule has 0 saturated heterocycles. The van der Waals surface area contributed by atoms with Gasteiger partial charge in [-0.3, -0.25) is 0 Å². The zero-order valence-electron chi connectivity index (χ0n) is 13.6. The molecular formula is C18H16ClN3O3. The Labute approximate surface area is 150 Å². The van der Waals surface area contributed by atoms with Crippen LogP contribution in [-0.2, 0) is 6.42 Å². The predicted octanol–water partition coefficient (Wildman–Crippen LogP) is 3.41. The van der Waals surface area contributed by atoms with E-state index in [1.165, 1.54) is 0 Å². The monoisotopic (exact) mass is 357 g/mol. The van der Waals surface area contributed by atoms with Crippen molar-refractivity contribution in [1.29, 1.82) is 5.26 Å². The molecule has 1 heterocycles. The minimum atomic E-state index is -1.21. The summed E-state index contributed by atoms with van der Waals surface area (Å²) in [7, 11) is 0. The first-order valence-electron chi connectivity index (χ1n) is 7.88. The Morgan fingerprint density at radius 1 is 1.40 bits per heavy atom. The van der Waals surface area contributed by atoms with Crippen molar-refractivity contribution in [3.05, 3.63) is 51.9 Å². The van der Waals surface area contributed by atoms with Crippen LogP contribution in [0, 0.1) is 24.2 Å². The average Bonchev–Trinajstić information content (AvgIpc) is 2.54. The number of nitrogens with zero attached hydrogens (tertiary/aromatic N) is 3. The van der Waals surface area contributed by atoms with Gasteiger partial charge in [-0.2, -0.15) is 10.2 Å². The lowest BCUT2D eigenvalue weighted by molar-refractivity contribution is 0.0666. The number of hydrogen-bond donors (Lipinski definition) is 1. The summed E-state index contributed by atoms with van der Waals surface area (Å²) in [6.07, 6.45) is 1.54. The molecule has 0 bridgehead atoms. The molecular weight excluding hydrogens is 342 g/mol. The van der Waals surface area contributed by atoms with Crippen LogP contribution in [0.5, 0.6) is 5.88 Å². The Kier molecular flexibility index (Phi) is 4.86. The van der Waals surface area contributed by atoms with Crippen LogP contribution in [-0.4, -0.2) is 27.1 Å². The highest BCUT2D eigenvalue weighted by Crippen LogP contribution is 2.33. The van der Waals surface area contributed by atoms with Gasteiger partial charge in [-0.15, -0.1) is 0 Å². The second-order valence-electron chi connectivity index (χ2n) is 6.03. The van der Waals surface area contributed by atoms with Crippen molar-refractivity contribution in [3.8, 4) is 11.9 Å². The molecule has 25 heavy (non-hydrogen) atoms. The largest absolute Gasteiger partial charge is 0.475 e. The Bertz CT molecular complexity index is 857. The van der Waals surface area contributed by atoms with E-state index in [0.717, 1.165) is 5.56 Å². The van der Waals surface area contributed by atoms with Crippen LogP contribution in [0.15, 0.2) is 24.3 Å². The lowest BCUT2D eigenvalue weighted by atomic mass is 9.83. The smallest absolute Gasteiger partial charge is 0.374 e. The van der Waals surface area contributed by atoms with E-state index >= 15 is 0 Å². The van der Waals surface area contributed by atoms with Crippen LogP contribution in [0.25, 0.3) is 0 Å². The van der Waals surface area contributed by atoms with Gasteiger partial charge in [0.15, 0.2) is 0 Å². The highest BCUT2D eigenvalue weighted by molar-refractivity contribution is 6.31. The molecule has 0 radical (unpaired) electrons. The Hall–Kier alpha value is -2.65. The lowest BCUT2D eigenvalue weighted by Crippen LogP contribution is -2.33. The van der Waals surface area contributed by atoms with Crippen LogP contribution in [0.1, 0.15) is 40.3 Å². The number of carbonyl (C=O) groups is 1. The summed E-state index contributed by atoms with van der Waals surface area (Å²) >= 11 is 6.23. The number of rotatable bonds is 5. The molecule has 0 unspecified atom stereocenters. The number of ether oxygens (including phenoxy) is 1. The maximum Gasteiger partial charge on any atom is 0.374 e. The van der Waals surface area contributed by atoms with Crippen molar-refractivity contribution in [2.24, 2.45) is 5.92 Å². The van der Waals surface area contributed by atoms with Crippen molar-refractivity contribution < 1.29 is 14.6 Å². The van der Waals surface area contributed by atoms with Crippen LogP contribution in [0.4, 0.5) is 0 Å². The van der Waals surface area contributed by atoms with Gasteiger partial charge in [0.2, 0.25) is 11.7 Å². The average molecular weight is 358 g/mol. The first-order valence-corrected chi connectivity index (χ1v) is 8.26. The normalized spacial score (nSPS) is 18.9. The van der Waals surface area contributed by atoms with E-state index in [9.17, 15) is 9.90 Å². The molecule has 0 atom stereocenters. The Morgan fingerprint density at radius 3 is 2.76 bits per heavy atom. The fourth-order valence-corrected chi connectivity index (χ4v) is 2.93. The van der Waals surface area contributed by atoms with E-state index < -0.39 is 5.97 Å². The van der Waals surface area contributed by atoms with E-state index in [0.29, 0.717) is 35.5 Å². The van der Waals surface area contributed by atoms with E-state index in [1.54, 1.807) is 13.0 Å². The molecule has 1 N–H and O–H groups in total. The van der Waals surface area contributed by atoms with Crippen LogP contribution in [0.2, 0.25) is 5.02 Å². The summed E-state index contributed by atoms with van der Waals surface area (Å²) in [4.78, 5) is 19.4. The van der Waals surface area contributed by atoms with E-state index in [4.69, 9.17) is 21.6 Å². The molecule has 1 aliphatic rings. The van der Waals surface area contributed by atoms with Crippen molar-refractivity contribution in [1.82, 2.24) is 9.97 Å². The summed E-state index contributed by atoms with van der Waals surface area (Å²) in [5.41, 5.74) is 2.13. The first-order chi connectivity index (χ1) is 12.0. The molecule has 7 heteroatoms. The molecule has 1 fully saturated rings. The number of aryl methyl sites for hydroxylation is 1. The fourth-order valence-electron chi connectivity index (χ4n) is 2.72. The SMILES string of the molecule is Cc1nc(C(=O)O)nc(OC2CC(C#N)C2)c1Cc1ccccc1Cl. The number of aromatic carboxylic acids is 1. The summed E-state index contributed by atoms with van der Waals surface area (Å²) in [6.45, 7) is 1.73. The molecule has 1 aromatic heterocycles. The topological polar surface area (TPSA) is 96.1 Å². The summed E-state index contributed by atoms with van der Waals surface area (Å²) in [6, 6.07) is 9.61. The highest BCUT2D eigenvalue weighted by atomic mass is 35.5. The van der Waals surface area contributed by atoms with Gasteiger partial charge in [0, 0.05) is 35.5 Å². The highest BCUT2D eigenvalue weighted by Gasteiger charge is 2.32. The number of hydrogen-bond acceptors (Lipinski definition) is 5. The van der Waals surface area contributed by atoms with Gasteiger partial charge in [-0.05, 0) is 18.6 Å². The van der Waals surface area contributed by atoms with Crippen LogP contribution >= 0.6 is 11.6 Å². The molecule has 2 aromatic rings. The summed E-state index contributed by atoms with van der Waals surface area (Å²) in [5, 5.41) is 18.7. The van der Waals surface area contributed by atoms with Gasteiger partial charge in [0.05, 0.1) is 12.0 Å². The third-order valence-electron chi connectivity index (χ3n) is 4.25. The van der Waals surface area contributed by atoms with Crippen molar-refractivity contribution in [2.75, 3.05) is 0 Å². The molecule has 128 valence electrons. The maximum absolute atomic E-state index is 11.3. The Morgan fingerprint density at radius 2 is 2.12 bits per heavy atom. The van der Waals surface area contributed by atoms with Crippen molar-refractivity contribution >= 4 is 17.6 Å². The lowest BCUT2D eigenvalue weighted by Gasteiger charge is -2.31. The van der Waals surface area contributed by atoms with Crippen molar-refractivity contribution in [2.45, 2.75) is 32.3 Å². The third kappa shape index (κ3) is 3.72. The number of nitriles is 1. The standard InChI is InChI=1S/C18H16ClN3O3/c1-10-14(8-12-4-2-3-5-15(12)19)17(22-16(21-10)18(23)24)25-13-6-11(7-13)9-20/h2-5,11,13H,6-8H2,1H3,(H,23,24). The Balaban J connectivity index is 1.94. The second-order valence-corrected chi connectivity index (χ2v) is 6.43. The predicted molar refractivity (Wildman–Crippen MR) is 90.7 cm³/mol. The van der Waals surface area contributed by atoms with E-state index in [1.807, 2.05) is 18.2 Å². The van der Waals surface area contributed by atoms with Gasteiger partial charge in [-0.1, -0.05) is 29.8 Å². The third-order valence-corrected chi connectivity index (χ3v) is 4.62. The molecule has 3 rings (SSSR count). The zero-order chi connectivity index (χ0) is 18.0. The molecule has 1 saturated carbocycles. The first kappa shape index (κ1) is 17.2. The molecule has 0 spiro atoms. The van der Waals surface area contributed by atoms with Crippen molar-refractivity contribution in [3.63, 3.8) is 0 Å². The molecule has 0 amide bonds. The molecule has 6 nitrogen and oxygen atoms in total. The molecule has 0 aliphatic heterocycles. The van der Waals surface area contributed by atoms with Gasteiger partial charge in [-0.25, -0.2) is 9.78 Å². The van der Waals surface area contributed by atoms with Crippen LogP contribution < -0.4 is 4.74 Å². The van der Waals surface area contributed by atoms with Crippen LogP contribution in [0.3, 0.4) is 0 Å². The minimum absolute atomic E-state index is 0.0149. The maximum atomic E-state index is 11.3.